The predicted octanol–water partition coefficient (Wildman–Crippen LogP) is 3.28. The highest BCUT2D eigenvalue weighted by Gasteiger charge is 2.63. The summed E-state index contributed by atoms with van der Waals surface area (Å²) in [5, 5.41) is 15.2. The molecule has 0 aromatic heterocycles. The lowest BCUT2D eigenvalue weighted by atomic mass is 9.52. The number of aryl methyl sites for hydroxylation is 1. The summed E-state index contributed by atoms with van der Waals surface area (Å²) in [6.45, 7) is 6.18. The number of amides is 1. The number of nitrogens with zero attached hydrogens (tertiary/aromatic N) is 2. The molecule has 0 radical (unpaired) electrons. The quantitative estimate of drug-likeness (QED) is 0.898. The van der Waals surface area contributed by atoms with E-state index in [1.807, 2.05) is 13.8 Å². The molecule has 1 heterocycles. The van der Waals surface area contributed by atoms with Crippen LogP contribution in [0.3, 0.4) is 0 Å². The molecule has 5 aliphatic rings. The van der Waals surface area contributed by atoms with Gasteiger partial charge in [-0.05, 0) is 82.3 Å². The minimum absolute atomic E-state index is 0.236. The molecule has 4 heteroatoms. The van der Waals surface area contributed by atoms with Gasteiger partial charge in [0, 0.05) is 0 Å². The van der Waals surface area contributed by atoms with Gasteiger partial charge < -0.3 is 5.11 Å². The van der Waals surface area contributed by atoms with Crippen molar-refractivity contribution in [3.63, 3.8) is 0 Å². The van der Waals surface area contributed by atoms with Gasteiger partial charge in [0.1, 0.15) is 5.54 Å². The van der Waals surface area contributed by atoms with E-state index in [-0.39, 0.29) is 11.9 Å². The Morgan fingerprint density at radius 1 is 1.08 bits per heavy atom. The Morgan fingerprint density at radius 3 is 2.32 bits per heavy atom. The maximum Gasteiger partial charge on any atom is 0.268 e. The normalized spacial score (nSPS) is 41.2. The third-order valence-electron chi connectivity index (χ3n) is 7.29. The van der Waals surface area contributed by atoms with Gasteiger partial charge in [0.25, 0.3) is 5.91 Å². The first-order valence-electron chi connectivity index (χ1n) is 9.72. The van der Waals surface area contributed by atoms with Crippen molar-refractivity contribution in [2.24, 2.45) is 17.8 Å². The standard InChI is InChI=1S/C21H28N2O2/c1-13-6-4-5-7-17(13)23-20(2,3)19(24)22(23)18-15-8-14-9-16(18)12-21(25,10-14)11-15/h4-7,14-16,18,25H,8-12H2,1-3H3/t14?,15?,16?,18-,21+. The number of carbonyl (C=O) groups excluding carboxylic acids is 1. The van der Waals surface area contributed by atoms with Crippen LogP contribution in [0.15, 0.2) is 24.3 Å². The lowest BCUT2D eigenvalue weighted by Gasteiger charge is -2.67. The number of rotatable bonds is 2. The Kier molecular flexibility index (Phi) is 3.00. The summed E-state index contributed by atoms with van der Waals surface area (Å²) in [4.78, 5) is 13.1. The van der Waals surface area contributed by atoms with Crippen LogP contribution in [-0.4, -0.2) is 33.2 Å². The molecule has 4 nitrogen and oxygen atoms in total. The van der Waals surface area contributed by atoms with Crippen LogP contribution in [-0.2, 0) is 4.79 Å². The summed E-state index contributed by atoms with van der Waals surface area (Å²) in [6, 6.07) is 8.61. The maximum absolute atomic E-state index is 13.1. The molecule has 1 saturated heterocycles. The molecule has 6 rings (SSSR count). The first-order valence-corrected chi connectivity index (χ1v) is 9.72. The zero-order valence-electron chi connectivity index (χ0n) is 15.4. The summed E-state index contributed by atoms with van der Waals surface area (Å²) < 4.78 is 0. The van der Waals surface area contributed by atoms with Crippen LogP contribution in [0.5, 0.6) is 0 Å². The second-order valence-corrected chi connectivity index (χ2v) is 9.49. The van der Waals surface area contributed by atoms with Crippen molar-refractivity contribution in [2.45, 2.75) is 70.1 Å². The minimum Gasteiger partial charge on any atom is -0.390 e. The second-order valence-electron chi connectivity index (χ2n) is 9.49. The van der Waals surface area contributed by atoms with Crippen LogP contribution in [0.25, 0.3) is 0 Å². The molecule has 1 aromatic carbocycles. The zero-order valence-corrected chi connectivity index (χ0v) is 15.4. The molecule has 4 aliphatic carbocycles. The molecule has 25 heavy (non-hydrogen) atoms. The summed E-state index contributed by atoms with van der Waals surface area (Å²) in [6.07, 6.45) is 5.07. The lowest BCUT2D eigenvalue weighted by molar-refractivity contribution is -0.190. The summed E-state index contributed by atoms with van der Waals surface area (Å²) in [5.41, 5.74) is 1.40. The fourth-order valence-electron chi connectivity index (χ4n) is 6.53. The van der Waals surface area contributed by atoms with E-state index in [0.717, 1.165) is 24.9 Å². The van der Waals surface area contributed by atoms with E-state index in [1.165, 1.54) is 18.4 Å². The van der Waals surface area contributed by atoms with Crippen LogP contribution < -0.4 is 5.01 Å². The van der Waals surface area contributed by atoms with Crippen molar-refractivity contribution in [3.05, 3.63) is 29.8 Å². The fraction of sp³-hybridized carbons (Fsp3) is 0.667. The van der Waals surface area contributed by atoms with Gasteiger partial charge in [-0.25, -0.2) is 5.01 Å². The Balaban J connectivity index is 1.53. The lowest BCUT2D eigenvalue weighted by Crippen LogP contribution is -2.81. The monoisotopic (exact) mass is 340 g/mol. The molecule has 2 unspecified atom stereocenters. The summed E-state index contributed by atoms with van der Waals surface area (Å²) in [7, 11) is 0. The van der Waals surface area contributed by atoms with Crippen LogP contribution >= 0.6 is 0 Å². The van der Waals surface area contributed by atoms with Crippen molar-refractivity contribution in [1.29, 1.82) is 0 Å². The third kappa shape index (κ3) is 2.00. The first kappa shape index (κ1) is 15.7. The molecule has 1 aliphatic heterocycles. The summed E-state index contributed by atoms with van der Waals surface area (Å²) >= 11 is 0. The van der Waals surface area contributed by atoms with Gasteiger partial charge in [-0.1, -0.05) is 18.2 Å². The Bertz CT molecular complexity index is 727. The molecule has 1 aromatic rings. The number of benzene rings is 1. The predicted molar refractivity (Wildman–Crippen MR) is 96.9 cm³/mol. The van der Waals surface area contributed by atoms with Crippen molar-refractivity contribution in [2.75, 3.05) is 5.01 Å². The molecular formula is C21H28N2O2. The highest BCUT2D eigenvalue weighted by Crippen LogP contribution is 2.58. The van der Waals surface area contributed by atoms with Crippen LogP contribution in [0.1, 0.15) is 51.5 Å². The van der Waals surface area contributed by atoms with Crippen molar-refractivity contribution >= 4 is 11.6 Å². The Labute approximate surface area is 149 Å². The molecule has 2 atom stereocenters. The topological polar surface area (TPSA) is 43.8 Å². The highest BCUT2D eigenvalue weighted by atomic mass is 16.3. The summed E-state index contributed by atoms with van der Waals surface area (Å²) in [5.74, 6) is 1.79. The minimum atomic E-state index is -0.488. The molecular weight excluding hydrogens is 312 g/mol. The molecule has 1 amide bonds. The van der Waals surface area contributed by atoms with E-state index < -0.39 is 11.1 Å². The van der Waals surface area contributed by atoms with Crippen molar-refractivity contribution in [1.82, 2.24) is 5.01 Å². The van der Waals surface area contributed by atoms with Crippen molar-refractivity contribution < 1.29 is 9.90 Å². The molecule has 4 saturated carbocycles. The largest absolute Gasteiger partial charge is 0.390 e. The van der Waals surface area contributed by atoms with E-state index in [1.54, 1.807) is 0 Å². The van der Waals surface area contributed by atoms with Gasteiger partial charge in [0.2, 0.25) is 0 Å². The number of hydrogen-bond acceptors (Lipinski definition) is 3. The second kappa shape index (κ2) is 4.79. The number of hydrazine groups is 1. The SMILES string of the molecule is Cc1ccccc1N1N([C@H]2C3CC4CC2C[C@@](O)(C4)C3)C(=O)C1(C)C. The van der Waals surface area contributed by atoms with E-state index in [0.29, 0.717) is 17.8 Å². The molecule has 134 valence electrons. The molecule has 4 bridgehead atoms. The number of aliphatic hydroxyl groups is 1. The van der Waals surface area contributed by atoms with E-state index in [9.17, 15) is 9.90 Å². The number of hydrogen-bond donors (Lipinski definition) is 1. The fourth-order valence-corrected chi connectivity index (χ4v) is 6.53. The number of carbonyl (C=O) groups is 1. The smallest absolute Gasteiger partial charge is 0.268 e. The van der Waals surface area contributed by atoms with Crippen LogP contribution in [0.2, 0.25) is 0 Å². The number of anilines is 1. The van der Waals surface area contributed by atoms with E-state index in [4.69, 9.17) is 0 Å². The highest BCUT2D eigenvalue weighted by molar-refractivity contribution is 5.98. The van der Waals surface area contributed by atoms with Gasteiger partial charge in [-0.2, -0.15) is 0 Å². The van der Waals surface area contributed by atoms with Crippen molar-refractivity contribution in [3.8, 4) is 0 Å². The van der Waals surface area contributed by atoms with E-state index in [2.05, 4.69) is 41.2 Å². The Morgan fingerprint density at radius 2 is 1.72 bits per heavy atom. The van der Waals surface area contributed by atoms with Crippen LogP contribution in [0.4, 0.5) is 5.69 Å². The molecule has 5 fully saturated rings. The van der Waals surface area contributed by atoms with Gasteiger partial charge in [-0.3, -0.25) is 9.80 Å². The Hall–Kier alpha value is -1.55. The van der Waals surface area contributed by atoms with Gasteiger partial charge in [0.05, 0.1) is 17.3 Å². The average molecular weight is 340 g/mol. The zero-order chi connectivity index (χ0) is 17.6. The van der Waals surface area contributed by atoms with Gasteiger partial charge in [0.15, 0.2) is 0 Å². The first-order chi connectivity index (χ1) is 11.8. The number of para-hydroxylation sites is 1. The van der Waals surface area contributed by atoms with Gasteiger partial charge in [-0.15, -0.1) is 0 Å². The average Bonchev–Trinajstić information content (AvgIpc) is 2.53. The third-order valence-corrected chi connectivity index (χ3v) is 7.29. The van der Waals surface area contributed by atoms with Crippen LogP contribution in [0, 0.1) is 24.7 Å². The maximum atomic E-state index is 13.1. The molecule has 0 spiro atoms. The molecule has 1 N–H and O–H groups in total. The van der Waals surface area contributed by atoms with Gasteiger partial charge >= 0.3 is 0 Å². The van der Waals surface area contributed by atoms with E-state index >= 15 is 0 Å².